The van der Waals surface area contributed by atoms with Crippen LogP contribution < -0.4 is 5.32 Å². The number of benzene rings is 1. The molecule has 0 radical (unpaired) electrons. The third kappa shape index (κ3) is 4.04. The molecular weight excluding hydrogens is 441 g/mol. The van der Waals surface area contributed by atoms with Gasteiger partial charge in [0.1, 0.15) is 12.0 Å². The van der Waals surface area contributed by atoms with Gasteiger partial charge >= 0.3 is 0 Å². The van der Waals surface area contributed by atoms with Crippen molar-refractivity contribution < 1.29 is 14.6 Å². The molecule has 3 N–H and O–H groups in total. The van der Waals surface area contributed by atoms with Crippen LogP contribution in [0.3, 0.4) is 0 Å². The summed E-state index contributed by atoms with van der Waals surface area (Å²) in [5, 5.41) is 26.0. The molecule has 0 spiro atoms. The van der Waals surface area contributed by atoms with Crippen LogP contribution in [0, 0.1) is 17.3 Å². The highest BCUT2D eigenvalue weighted by atomic mass is 19.1. The first-order valence-corrected chi connectivity index (χ1v) is 13.0. The first-order chi connectivity index (χ1) is 16.7. The number of hydrogen-bond acceptors (Lipinski definition) is 5. The lowest BCUT2D eigenvalue weighted by atomic mass is 9.58. The van der Waals surface area contributed by atoms with E-state index in [9.17, 15) is 10.2 Å². The lowest BCUT2D eigenvalue weighted by Crippen LogP contribution is -2.49. The molecule has 5 unspecified atom stereocenters. The molecule has 6 atom stereocenters. The average Bonchev–Trinajstić information content (AvgIpc) is 3.13. The molecule has 0 aliphatic heterocycles. The molecule has 0 saturated heterocycles. The number of hydrogen-bond donors (Lipinski definition) is 3. The summed E-state index contributed by atoms with van der Waals surface area (Å²) in [4.78, 5) is 8.51. The van der Waals surface area contributed by atoms with Gasteiger partial charge in [0.2, 0.25) is 0 Å². The van der Waals surface area contributed by atoms with Gasteiger partial charge in [-0.05, 0) is 87.4 Å². The number of aliphatic hydroxyl groups excluding tert-OH is 1. The van der Waals surface area contributed by atoms with Crippen LogP contribution in [0.1, 0.15) is 63.9 Å². The van der Waals surface area contributed by atoms with Gasteiger partial charge in [0, 0.05) is 35.8 Å². The Morgan fingerprint density at radius 2 is 1.94 bits per heavy atom. The van der Waals surface area contributed by atoms with Crippen molar-refractivity contribution in [2.24, 2.45) is 17.3 Å². The maximum Gasteiger partial charge on any atom is 0.120 e. The molecule has 2 saturated carbocycles. The van der Waals surface area contributed by atoms with Gasteiger partial charge in [0.15, 0.2) is 0 Å². The van der Waals surface area contributed by atoms with Crippen LogP contribution in [0.5, 0.6) is 0 Å². The van der Waals surface area contributed by atoms with Crippen molar-refractivity contribution in [3.8, 4) is 0 Å². The lowest BCUT2D eigenvalue weighted by Gasteiger charge is -2.49. The van der Waals surface area contributed by atoms with Crippen molar-refractivity contribution in [3.05, 3.63) is 54.0 Å². The maximum atomic E-state index is 16.1. The standard InChI is InChI=1S/C27H31FN2O2.C2H7N/c1-25-10-8-20-13-26(28)14-21(31)4-3-19(26)9-11-27(20,32)24(25)7-5-22(25)17-2-6-23-18(12-17)15-29-16-30-23;1-3-2/h2,5-6,8,12,15-16,19,21,24,31-32H,3-4,7,9-11,13-14H2,1H3;3H,1-2H3/t19?,21?,24?,25?,26?,27-;/m1./s1. The molecule has 0 amide bonds. The fraction of sp³-hybridized carbons (Fsp3) is 0.586. The van der Waals surface area contributed by atoms with E-state index in [-0.39, 0.29) is 30.1 Å². The van der Waals surface area contributed by atoms with Crippen molar-refractivity contribution in [3.63, 3.8) is 0 Å². The molecule has 4 aliphatic carbocycles. The fourth-order valence-corrected chi connectivity index (χ4v) is 7.43. The summed E-state index contributed by atoms with van der Waals surface area (Å²) in [5.41, 5.74) is 1.66. The first kappa shape index (κ1) is 24.5. The largest absolute Gasteiger partial charge is 0.393 e. The molecule has 4 aliphatic rings. The number of nitrogens with one attached hydrogen (secondary N) is 1. The molecule has 2 fully saturated rings. The minimum atomic E-state index is -1.39. The third-order valence-electron chi connectivity index (χ3n) is 9.18. The second-order valence-corrected chi connectivity index (χ2v) is 11.4. The second kappa shape index (κ2) is 9.06. The van der Waals surface area contributed by atoms with Gasteiger partial charge < -0.3 is 15.5 Å². The second-order valence-electron chi connectivity index (χ2n) is 11.4. The van der Waals surface area contributed by atoms with Crippen molar-refractivity contribution >= 4 is 16.5 Å². The van der Waals surface area contributed by atoms with E-state index in [4.69, 9.17) is 0 Å². The van der Waals surface area contributed by atoms with E-state index in [1.54, 1.807) is 6.33 Å². The van der Waals surface area contributed by atoms with E-state index < -0.39 is 17.4 Å². The van der Waals surface area contributed by atoms with E-state index in [2.05, 4.69) is 46.5 Å². The van der Waals surface area contributed by atoms with E-state index in [1.165, 1.54) is 5.57 Å². The number of aromatic nitrogens is 2. The molecule has 188 valence electrons. The van der Waals surface area contributed by atoms with Crippen molar-refractivity contribution in [1.29, 1.82) is 0 Å². The van der Waals surface area contributed by atoms with Gasteiger partial charge in [-0.3, -0.25) is 0 Å². The van der Waals surface area contributed by atoms with Gasteiger partial charge in [-0.2, -0.15) is 0 Å². The number of nitrogens with zero attached hydrogens (tertiary/aromatic N) is 2. The SMILES string of the molecule is CC12CC=C3CC4(F)CC(O)CCC4CC[C@]3(O)C1CC=C2c1ccc2ncncc2c1.CNC. The maximum absolute atomic E-state index is 16.1. The number of halogens is 1. The monoisotopic (exact) mass is 479 g/mol. The fourth-order valence-electron chi connectivity index (χ4n) is 7.43. The zero-order valence-corrected chi connectivity index (χ0v) is 21.1. The number of fused-ring (bicyclic) bond motifs is 5. The Morgan fingerprint density at radius 1 is 1.14 bits per heavy atom. The van der Waals surface area contributed by atoms with Crippen LogP contribution >= 0.6 is 0 Å². The van der Waals surface area contributed by atoms with E-state index in [0.29, 0.717) is 25.7 Å². The summed E-state index contributed by atoms with van der Waals surface area (Å²) in [5.74, 6) is -0.0246. The van der Waals surface area contributed by atoms with Gasteiger partial charge in [0.25, 0.3) is 0 Å². The summed E-state index contributed by atoms with van der Waals surface area (Å²) in [6.07, 6.45) is 12.0. The third-order valence-corrected chi connectivity index (χ3v) is 9.18. The number of alkyl halides is 1. The highest BCUT2D eigenvalue weighted by Gasteiger charge is 2.59. The molecule has 1 aromatic heterocycles. The van der Waals surface area contributed by atoms with Gasteiger partial charge in [-0.1, -0.05) is 25.1 Å². The zero-order valence-electron chi connectivity index (χ0n) is 21.1. The Labute approximate surface area is 207 Å². The Morgan fingerprint density at radius 3 is 2.74 bits per heavy atom. The molecule has 35 heavy (non-hydrogen) atoms. The Bertz CT molecular complexity index is 1170. The van der Waals surface area contributed by atoms with Crippen LogP contribution in [0.25, 0.3) is 16.5 Å². The minimum Gasteiger partial charge on any atom is -0.393 e. The molecule has 1 heterocycles. The van der Waals surface area contributed by atoms with Crippen LogP contribution in [0.2, 0.25) is 0 Å². The lowest BCUT2D eigenvalue weighted by molar-refractivity contribution is -0.0359. The number of allylic oxidation sites excluding steroid dienone is 3. The van der Waals surface area contributed by atoms with Crippen LogP contribution in [0.4, 0.5) is 4.39 Å². The Balaban J connectivity index is 0.000000806. The zero-order chi connectivity index (χ0) is 24.8. The summed E-state index contributed by atoms with van der Waals surface area (Å²) in [6, 6.07) is 6.31. The smallest absolute Gasteiger partial charge is 0.120 e. The number of rotatable bonds is 1. The first-order valence-electron chi connectivity index (χ1n) is 13.0. The van der Waals surface area contributed by atoms with Gasteiger partial charge in [0.05, 0.1) is 17.2 Å². The molecule has 1 aromatic carbocycles. The average molecular weight is 480 g/mol. The van der Waals surface area contributed by atoms with Crippen molar-refractivity contribution in [1.82, 2.24) is 15.3 Å². The predicted octanol–water partition coefficient (Wildman–Crippen LogP) is 4.99. The molecule has 6 heteroatoms. The minimum absolute atomic E-state index is 0.0430. The summed E-state index contributed by atoms with van der Waals surface area (Å²) in [6.45, 7) is 2.26. The molecule has 5 nitrogen and oxygen atoms in total. The highest BCUT2D eigenvalue weighted by Crippen LogP contribution is 2.63. The van der Waals surface area contributed by atoms with E-state index in [1.807, 2.05) is 26.4 Å². The quantitative estimate of drug-likeness (QED) is 0.503. The summed E-state index contributed by atoms with van der Waals surface area (Å²) >= 11 is 0. The van der Waals surface area contributed by atoms with E-state index >= 15 is 4.39 Å². The van der Waals surface area contributed by atoms with Gasteiger partial charge in [-0.25, -0.2) is 14.4 Å². The molecular formula is C29H38FN3O2. The predicted molar refractivity (Wildman–Crippen MR) is 137 cm³/mol. The van der Waals surface area contributed by atoms with E-state index in [0.717, 1.165) is 34.9 Å². The Hall–Kier alpha value is -2.15. The van der Waals surface area contributed by atoms with Crippen molar-refractivity contribution in [2.45, 2.75) is 75.7 Å². The van der Waals surface area contributed by atoms with Crippen LogP contribution in [-0.4, -0.2) is 51.7 Å². The van der Waals surface area contributed by atoms with Crippen LogP contribution in [-0.2, 0) is 0 Å². The highest BCUT2D eigenvalue weighted by molar-refractivity contribution is 5.84. The normalized spacial score (nSPS) is 38.2. The summed E-state index contributed by atoms with van der Waals surface area (Å²) in [7, 11) is 3.75. The van der Waals surface area contributed by atoms with Crippen molar-refractivity contribution in [2.75, 3.05) is 14.1 Å². The molecule has 0 bridgehead atoms. The molecule has 6 rings (SSSR count). The molecule has 2 aromatic rings. The van der Waals surface area contributed by atoms with Gasteiger partial charge in [-0.15, -0.1) is 0 Å². The Kier molecular flexibility index (Phi) is 6.35. The summed E-state index contributed by atoms with van der Waals surface area (Å²) < 4.78 is 16.1. The topological polar surface area (TPSA) is 78.3 Å². The number of aliphatic hydroxyl groups is 2. The van der Waals surface area contributed by atoms with Crippen LogP contribution in [0.15, 0.2) is 48.4 Å².